The average Bonchev–Trinajstić information content (AvgIpc) is 3.36. The highest BCUT2D eigenvalue weighted by molar-refractivity contribution is 7.99. The predicted octanol–water partition coefficient (Wildman–Crippen LogP) is 2.05. The molecule has 0 saturated heterocycles. The Balaban J connectivity index is 1.35. The standard InChI is InChI=1S/C18H22N6O2S/c1-23(15-7-3-2-4-8-15)11-6-10-19-17(25)14-27-18-20-21-22-24(18)13-16-9-5-12-26-16/h2-5,7-9,12H,6,10-11,13-14H2,1H3,(H,19,25). The van der Waals surface area contributed by atoms with Crippen LogP contribution in [0.5, 0.6) is 0 Å². The Labute approximate surface area is 161 Å². The highest BCUT2D eigenvalue weighted by Crippen LogP contribution is 2.15. The minimum absolute atomic E-state index is 0.0325. The minimum atomic E-state index is -0.0325. The highest BCUT2D eigenvalue weighted by Gasteiger charge is 2.11. The molecule has 0 unspecified atom stereocenters. The van der Waals surface area contributed by atoms with Gasteiger partial charge in [0.25, 0.3) is 0 Å². The molecule has 3 rings (SSSR count). The molecule has 0 saturated carbocycles. The molecule has 2 aromatic heterocycles. The van der Waals surface area contributed by atoms with Crippen molar-refractivity contribution in [3.8, 4) is 0 Å². The van der Waals surface area contributed by atoms with Crippen LogP contribution in [0.1, 0.15) is 12.2 Å². The van der Waals surface area contributed by atoms with E-state index in [2.05, 4.69) is 37.9 Å². The van der Waals surface area contributed by atoms with Gasteiger partial charge in [0, 0.05) is 25.8 Å². The summed E-state index contributed by atoms with van der Waals surface area (Å²) in [4.78, 5) is 14.2. The van der Waals surface area contributed by atoms with E-state index < -0.39 is 0 Å². The maximum Gasteiger partial charge on any atom is 0.230 e. The minimum Gasteiger partial charge on any atom is -0.467 e. The number of hydrogen-bond donors (Lipinski definition) is 1. The summed E-state index contributed by atoms with van der Waals surface area (Å²) in [5.41, 5.74) is 1.17. The maximum absolute atomic E-state index is 12.0. The SMILES string of the molecule is CN(CCCNC(=O)CSc1nnnn1Cc1ccco1)c1ccccc1. The second kappa shape index (κ2) is 9.77. The first-order valence-corrected chi connectivity index (χ1v) is 9.65. The Morgan fingerprint density at radius 3 is 2.89 bits per heavy atom. The monoisotopic (exact) mass is 386 g/mol. The average molecular weight is 386 g/mol. The molecular weight excluding hydrogens is 364 g/mol. The normalized spacial score (nSPS) is 10.7. The molecule has 9 heteroatoms. The van der Waals surface area contributed by atoms with Gasteiger partial charge < -0.3 is 14.6 Å². The number of amides is 1. The van der Waals surface area contributed by atoms with Crippen molar-refractivity contribution in [2.75, 3.05) is 30.8 Å². The molecule has 0 aliphatic heterocycles. The van der Waals surface area contributed by atoms with Gasteiger partial charge in [0.2, 0.25) is 11.1 Å². The molecule has 0 radical (unpaired) electrons. The van der Waals surface area contributed by atoms with E-state index in [9.17, 15) is 4.79 Å². The molecule has 0 bridgehead atoms. The van der Waals surface area contributed by atoms with Crippen LogP contribution < -0.4 is 10.2 Å². The topological polar surface area (TPSA) is 89.1 Å². The molecule has 27 heavy (non-hydrogen) atoms. The molecule has 1 N–H and O–H groups in total. The highest BCUT2D eigenvalue weighted by atomic mass is 32.2. The summed E-state index contributed by atoms with van der Waals surface area (Å²) in [5, 5.41) is 15.1. The summed E-state index contributed by atoms with van der Waals surface area (Å²) in [6.45, 7) is 1.95. The van der Waals surface area contributed by atoms with Gasteiger partial charge >= 0.3 is 0 Å². The van der Waals surface area contributed by atoms with Gasteiger partial charge in [0.15, 0.2) is 0 Å². The first kappa shape index (κ1) is 19.0. The number of thioether (sulfide) groups is 1. The number of tetrazole rings is 1. The van der Waals surface area contributed by atoms with E-state index in [4.69, 9.17) is 4.42 Å². The Morgan fingerprint density at radius 1 is 1.26 bits per heavy atom. The summed E-state index contributed by atoms with van der Waals surface area (Å²) in [6.07, 6.45) is 2.48. The van der Waals surface area contributed by atoms with Crippen LogP contribution in [0.25, 0.3) is 0 Å². The van der Waals surface area contributed by atoms with Crippen molar-refractivity contribution >= 4 is 23.4 Å². The smallest absolute Gasteiger partial charge is 0.230 e. The van der Waals surface area contributed by atoms with Crippen molar-refractivity contribution in [2.24, 2.45) is 0 Å². The van der Waals surface area contributed by atoms with Gasteiger partial charge in [0.1, 0.15) is 12.3 Å². The second-order valence-electron chi connectivity index (χ2n) is 5.95. The zero-order valence-electron chi connectivity index (χ0n) is 15.1. The van der Waals surface area contributed by atoms with Crippen LogP contribution in [-0.4, -0.2) is 52.0 Å². The third-order valence-electron chi connectivity index (χ3n) is 3.91. The van der Waals surface area contributed by atoms with Gasteiger partial charge in [-0.1, -0.05) is 30.0 Å². The summed E-state index contributed by atoms with van der Waals surface area (Å²) in [7, 11) is 2.05. The third-order valence-corrected chi connectivity index (χ3v) is 4.86. The zero-order valence-corrected chi connectivity index (χ0v) is 15.9. The number of furan rings is 1. The van der Waals surface area contributed by atoms with Crippen molar-refractivity contribution in [3.05, 3.63) is 54.5 Å². The molecule has 1 aromatic carbocycles. The Morgan fingerprint density at radius 2 is 2.11 bits per heavy atom. The van der Waals surface area contributed by atoms with Crippen molar-refractivity contribution < 1.29 is 9.21 Å². The molecule has 0 spiro atoms. The lowest BCUT2D eigenvalue weighted by Gasteiger charge is -2.19. The van der Waals surface area contributed by atoms with E-state index in [1.165, 1.54) is 17.4 Å². The van der Waals surface area contributed by atoms with Gasteiger partial charge in [-0.05, 0) is 41.1 Å². The van der Waals surface area contributed by atoms with Crippen LogP contribution in [0.15, 0.2) is 58.3 Å². The fourth-order valence-corrected chi connectivity index (χ4v) is 3.19. The van der Waals surface area contributed by atoms with E-state index in [0.29, 0.717) is 18.2 Å². The van der Waals surface area contributed by atoms with Crippen LogP contribution >= 0.6 is 11.8 Å². The lowest BCUT2D eigenvalue weighted by atomic mass is 10.3. The first-order chi connectivity index (χ1) is 13.2. The van der Waals surface area contributed by atoms with Gasteiger partial charge in [-0.3, -0.25) is 4.79 Å². The van der Waals surface area contributed by atoms with E-state index in [-0.39, 0.29) is 11.7 Å². The van der Waals surface area contributed by atoms with E-state index in [1.54, 1.807) is 10.9 Å². The molecule has 2 heterocycles. The van der Waals surface area contributed by atoms with Crippen molar-refractivity contribution in [1.29, 1.82) is 0 Å². The molecule has 1 amide bonds. The molecule has 0 fully saturated rings. The number of aromatic nitrogens is 4. The van der Waals surface area contributed by atoms with Gasteiger partial charge in [-0.25, -0.2) is 4.68 Å². The largest absolute Gasteiger partial charge is 0.467 e. The lowest BCUT2D eigenvalue weighted by molar-refractivity contribution is -0.118. The molecule has 0 aliphatic rings. The van der Waals surface area contributed by atoms with E-state index in [0.717, 1.165) is 18.7 Å². The van der Waals surface area contributed by atoms with Crippen LogP contribution in [-0.2, 0) is 11.3 Å². The number of carbonyl (C=O) groups is 1. The van der Waals surface area contributed by atoms with E-state index >= 15 is 0 Å². The van der Waals surface area contributed by atoms with Crippen molar-refractivity contribution in [3.63, 3.8) is 0 Å². The molecular formula is C18H22N6O2S. The van der Waals surface area contributed by atoms with E-state index in [1.807, 2.05) is 37.4 Å². The lowest BCUT2D eigenvalue weighted by Crippen LogP contribution is -2.29. The number of rotatable bonds is 10. The number of benzene rings is 1. The fourth-order valence-electron chi connectivity index (χ4n) is 2.49. The Hall–Kier alpha value is -2.81. The number of carbonyl (C=O) groups excluding carboxylic acids is 1. The quantitative estimate of drug-likeness (QED) is 0.421. The summed E-state index contributed by atoms with van der Waals surface area (Å²) in [5.74, 6) is 0.999. The maximum atomic E-state index is 12.0. The molecule has 3 aromatic rings. The molecule has 0 aliphatic carbocycles. The number of anilines is 1. The van der Waals surface area contributed by atoms with Gasteiger partial charge in [-0.15, -0.1) is 5.10 Å². The number of para-hydroxylation sites is 1. The summed E-state index contributed by atoms with van der Waals surface area (Å²) >= 11 is 1.31. The third kappa shape index (κ3) is 5.85. The zero-order chi connectivity index (χ0) is 18.9. The Kier molecular flexibility index (Phi) is 6.86. The van der Waals surface area contributed by atoms with Crippen LogP contribution in [0.3, 0.4) is 0 Å². The van der Waals surface area contributed by atoms with Crippen molar-refractivity contribution in [1.82, 2.24) is 25.5 Å². The van der Waals surface area contributed by atoms with Crippen LogP contribution in [0.4, 0.5) is 5.69 Å². The summed E-state index contributed by atoms with van der Waals surface area (Å²) < 4.78 is 6.91. The van der Waals surface area contributed by atoms with Crippen LogP contribution in [0.2, 0.25) is 0 Å². The predicted molar refractivity (Wildman–Crippen MR) is 104 cm³/mol. The number of nitrogens with one attached hydrogen (secondary N) is 1. The first-order valence-electron chi connectivity index (χ1n) is 8.66. The van der Waals surface area contributed by atoms with Gasteiger partial charge in [-0.2, -0.15) is 0 Å². The molecule has 0 atom stereocenters. The van der Waals surface area contributed by atoms with Crippen molar-refractivity contribution in [2.45, 2.75) is 18.1 Å². The Bertz CT molecular complexity index is 822. The summed E-state index contributed by atoms with van der Waals surface area (Å²) in [6, 6.07) is 13.9. The molecule has 142 valence electrons. The fraction of sp³-hybridized carbons (Fsp3) is 0.333. The van der Waals surface area contributed by atoms with Crippen LogP contribution in [0, 0.1) is 0 Å². The van der Waals surface area contributed by atoms with Gasteiger partial charge in [0.05, 0.1) is 12.0 Å². The number of nitrogens with zero attached hydrogens (tertiary/aromatic N) is 5. The number of hydrogen-bond acceptors (Lipinski definition) is 7. The molecule has 8 nitrogen and oxygen atoms in total. The second-order valence-corrected chi connectivity index (χ2v) is 6.89.